The second-order valence-corrected chi connectivity index (χ2v) is 6.51. The van der Waals surface area contributed by atoms with Crippen molar-refractivity contribution >= 4 is 11.5 Å². The van der Waals surface area contributed by atoms with E-state index in [9.17, 15) is 0 Å². The maximum absolute atomic E-state index is 5.91. The third-order valence-corrected chi connectivity index (χ3v) is 3.34. The van der Waals surface area contributed by atoms with Gasteiger partial charge in [0.1, 0.15) is 11.4 Å². The van der Waals surface area contributed by atoms with Crippen LogP contribution in [0.2, 0.25) is 0 Å². The Morgan fingerprint density at radius 3 is 2.86 bits per heavy atom. The van der Waals surface area contributed by atoms with Gasteiger partial charge in [0.25, 0.3) is 0 Å². The number of nitrogens with two attached hydrogens (primary N) is 1. The van der Waals surface area contributed by atoms with Gasteiger partial charge in [0.2, 0.25) is 5.88 Å². The fourth-order valence-electron chi connectivity index (χ4n) is 2.32. The van der Waals surface area contributed by atoms with Gasteiger partial charge in [-0.3, -0.25) is 0 Å². The highest BCUT2D eigenvalue weighted by molar-refractivity contribution is 5.53. The fourth-order valence-corrected chi connectivity index (χ4v) is 2.32. The molecule has 2 rings (SSSR count). The van der Waals surface area contributed by atoms with Gasteiger partial charge in [-0.1, -0.05) is 0 Å². The van der Waals surface area contributed by atoms with Crippen molar-refractivity contribution in [2.45, 2.75) is 58.2 Å². The van der Waals surface area contributed by atoms with Gasteiger partial charge in [-0.2, -0.15) is 4.98 Å². The van der Waals surface area contributed by atoms with Crippen LogP contribution in [0.15, 0.2) is 12.1 Å². The maximum Gasteiger partial charge on any atom is 0.239 e. The van der Waals surface area contributed by atoms with Gasteiger partial charge < -0.3 is 20.5 Å². The van der Waals surface area contributed by atoms with Crippen LogP contribution >= 0.6 is 0 Å². The van der Waals surface area contributed by atoms with Crippen LogP contribution in [0.25, 0.3) is 0 Å². The van der Waals surface area contributed by atoms with Crippen LogP contribution < -0.4 is 15.8 Å². The Hall–Kier alpha value is -1.49. The second kappa shape index (κ2) is 6.98. The van der Waals surface area contributed by atoms with E-state index in [0.717, 1.165) is 31.8 Å². The van der Waals surface area contributed by atoms with Crippen LogP contribution in [0.1, 0.15) is 46.5 Å². The fraction of sp³-hybridized carbons (Fsp3) is 0.688. The van der Waals surface area contributed by atoms with E-state index < -0.39 is 0 Å². The lowest BCUT2D eigenvalue weighted by molar-refractivity contribution is 0.0134. The van der Waals surface area contributed by atoms with Crippen molar-refractivity contribution in [1.82, 2.24) is 4.98 Å². The monoisotopic (exact) mass is 293 g/mol. The highest BCUT2D eigenvalue weighted by atomic mass is 16.5. The number of nitrogen functional groups attached to an aromatic ring is 1. The quantitative estimate of drug-likeness (QED) is 0.872. The summed E-state index contributed by atoms with van der Waals surface area (Å²) in [5.74, 6) is 1.28. The van der Waals surface area contributed by atoms with Crippen LogP contribution in [-0.4, -0.2) is 29.8 Å². The first-order valence-corrected chi connectivity index (χ1v) is 7.75. The molecule has 1 unspecified atom stereocenters. The molecule has 1 fully saturated rings. The zero-order chi connectivity index (χ0) is 15.3. The Balaban J connectivity index is 1.86. The maximum atomic E-state index is 5.91. The van der Waals surface area contributed by atoms with Crippen molar-refractivity contribution in [3.8, 4) is 5.88 Å². The number of hydrogen-bond donors (Lipinski definition) is 2. The second-order valence-electron chi connectivity index (χ2n) is 6.51. The van der Waals surface area contributed by atoms with Gasteiger partial charge in [0.15, 0.2) is 0 Å². The average Bonchev–Trinajstić information content (AvgIpc) is 2.42. The highest BCUT2D eigenvalue weighted by Gasteiger charge is 2.16. The molecule has 1 aliphatic rings. The van der Waals surface area contributed by atoms with Gasteiger partial charge >= 0.3 is 0 Å². The normalized spacial score (nSPS) is 19.3. The summed E-state index contributed by atoms with van der Waals surface area (Å²) in [5.41, 5.74) is 6.16. The summed E-state index contributed by atoms with van der Waals surface area (Å²) in [6.07, 6.45) is 5.01. The van der Waals surface area contributed by atoms with E-state index in [4.69, 9.17) is 15.2 Å². The Kier molecular flexibility index (Phi) is 5.28. The molecule has 1 atom stereocenters. The largest absolute Gasteiger partial charge is 0.470 e. The molecule has 0 aliphatic carbocycles. The van der Waals surface area contributed by atoms with Crippen LogP contribution in [0.3, 0.4) is 0 Å². The summed E-state index contributed by atoms with van der Waals surface area (Å²) in [6.45, 7) is 7.68. The Labute approximate surface area is 127 Å². The molecule has 0 spiro atoms. The predicted octanol–water partition coefficient (Wildman–Crippen LogP) is 3.21. The third-order valence-electron chi connectivity index (χ3n) is 3.34. The van der Waals surface area contributed by atoms with Crippen LogP contribution in [-0.2, 0) is 4.74 Å². The molecular weight excluding hydrogens is 266 g/mol. The van der Waals surface area contributed by atoms with Crippen molar-refractivity contribution in [2.75, 3.05) is 24.2 Å². The Morgan fingerprint density at radius 2 is 2.19 bits per heavy atom. The summed E-state index contributed by atoms with van der Waals surface area (Å²) in [6, 6.07) is 3.71. The lowest BCUT2D eigenvalue weighted by atomic mass is 10.1. The van der Waals surface area contributed by atoms with Crippen molar-refractivity contribution in [2.24, 2.45) is 0 Å². The van der Waals surface area contributed by atoms with Gasteiger partial charge in [0, 0.05) is 13.2 Å². The van der Waals surface area contributed by atoms with Crippen LogP contribution in [0.5, 0.6) is 5.88 Å². The molecule has 1 aromatic rings. The van der Waals surface area contributed by atoms with E-state index in [1.165, 1.54) is 12.8 Å². The minimum absolute atomic E-state index is 0.310. The number of nitrogens with zero attached hydrogens (tertiary/aromatic N) is 1. The first-order valence-electron chi connectivity index (χ1n) is 7.75. The van der Waals surface area contributed by atoms with Crippen molar-refractivity contribution in [3.63, 3.8) is 0 Å². The standard InChI is InChI=1S/C16H27N3O2/c1-16(2,3)21-15-13(17)7-8-14(19-15)18-10-9-12-6-4-5-11-20-12/h7-8,12H,4-6,9-11,17H2,1-3H3,(H,18,19). The third kappa shape index (κ3) is 5.42. The van der Waals surface area contributed by atoms with Gasteiger partial charge in [0.05, 0.1) is 11.8 Å². The molecular formula is C16H27N3O2. The highest BCUT2D eigenvalue weighted by Crippen LogP contribution is 2.25. The molecule has 0 amide bonds. The van der Waals surface area contributed by atoms with E-state index in [1.54, 1.807) is 0 Å². The first kappa shape index (κ1) is 15.9. The van der Waals surface area contributed by atoms with E-state index in [1.807, 2.05) is 32.9 Å². The first-order chi connectivity index (χ1) is 9.94. The minimum atomic E-state index is -0.310. The predicted molar refractivity (Wildman–Crippen MR) is 85.7 cm³/mol. The molecule has 0 saturated carbocycles. The molecule has 0 aromatic carbocycles. The summed E-state index contributed by atoms with van der Waals surface area (Å²) in [7, 11) is 0. The number of hydrogen-bond acceptors (Lipinski definition) is 5. The zero-order valence-electron chi connectivity index (χ0n) is 13.3. The van der Waals surface area contributed by atoms with E-state index in [-0.39, 0.29) is 5.60 Å². The van der Waals surface area contributed by atoms with Crippen LogP contribution in [0.4, 0.5) is 11.5 Å². The van der Waals surface area contributed by atoms with E-state index in [0.29, 0.717) is 17.7 Å². The molecule has 3 N–H and O–H groups in total. The number of anilines is 2. The molecule has 1 saturated heterocycles. The molecule has 2 heterocycles. The lowest BCUT2D eigenvalue weighted by Gasteiger charge is -2.23. The summed E-state index contributed by atoms with van der Waals surface area (Å²) in [4.78, 5) is 4.44. The van der Waals surface area contributed by atoms with E-state index >= 15 is 0 Å². The number of aromatic nitrogens is 1. The number of pyridine rings is 1. The molecule has 5 nitrogen and oxygen atoms in total. The molecule has 1 aromatic heterocycles. The van der Waals surface area contributed by atoms with Crippen molar-refractivity contribution in [3.05, 3.63) is 12.1 Å². The number of ether oxygens (including phenoxy) is 2. The summed E-state index contributed by atoms with van der Waals surface area (Å²) in [5, 5.41) is 3.32. The summed E-state index contributed by atoms with van der Waals surface area (Å²) < 4.78 is 11.5. The van der Waals surface area contributed by atoms with Crippen molar-refractivity contribution in [1.29, 1.82) is 0 Å². The smallest absolute Gasteiger partial charge is 0.239 e. The Bertz CT molecular complexity index is 451. The Morgan fingerprint density at radius 1 is 1.38 bits per heavy atom. The number of nitrogens with one attached hydrogen (secondary N) is 1. The zero-order valence-corrected chi connectivity index (χ0v) is 13.3. The lowest BCUT2D eigenvalue weighted by Crippen LogP contribution is -2.24. The van der Waals surface area contributed by atoms with E-state index in [2.05, 4.69) is 10.3 Å². The number of rotatable bonds is 5. The molecule has 0 bridgehead atoms. The molecule has 21 heavy (non-hydrogen) atoms. The van der Waals surface area contributed by atoms with Gasteiger partial charge in [-0.05, 0) is 58.6 Å². The molecule has 0 radical (unpaired) electrons. The van der Waals surface area contributed by atoms with Gasteiger partial charge in [-0.15, -0.1) is 0 Å². The molecule has 5 heteroatoms. The molecule has 118 valence electrons. The minimum Gasteiger partial charge on any atom is -0.470 e. The molecule has 1 aliphatic heterocycles. The summed E-state index contributed by atoms with van der Waals surface area (Å²) >= 11 is 0. The van der Waals surface area contributed by atoms with Gasteiger partial charge in [-0.25, -0.2) is 0 Å². The topological polar surface area (TPSA) is 69.4 Å². The SMILES string of the molecule is CC(C)(C)Oc1nc(NCCC2CCCCO2)ccc1N. The average molecular weight is 293 g/mol. The van der Waals surface area contributed by atoms with Crippen LogP contribution in [0, 0.1) is 0 Å². The van der Waals surface area contributed by atoms with Crippen molar-refractivity contribution < 1.29 is 9.47 Å².